The van der Waals surface area contributed by atoms with E-state index in [0.717, 1.165) is 53.6 Å². The molecule has 150 valence electrons. The lowest BCUT2D eigenvalue weighted by atomic mass is 9.66. The number of aliphatic carboxylic acids is 1. The van der Waals surface area contributed by atoms with Crippen molar-refractivity contribution in [3.05, 3.63) is 71.9 Å². The van der Waals surface area contributed by atoms with E-state index in [1.807, 2.05) is 67.6 Å². The monoisotopic (exact) mass is 389 g/mol. The lowest BCUT2D eigenvalue weighted by molar-refractivity contribution is -0.146. The van der Waals surface area contributed by atoms with Crippen LogP contribution in [0.1, 0.15) is 50.3 Å². The van der Waals surface area contributed by atoms with Crippen LogP contribution < -0.4 is 4.74 Å². The van der Waals surface area contributed by atoms with Gasteiger partial charge in [-0.25, -0.2) is 4.98 Å². The molecule has 1 N–H and O–H groups in total. The van der Waals surface area contributed by atoms with Gasteiger partial charge in [0, 0.05) is 5.39 Å². The average Bonchev–Trinajstić information content (AvgIpc) is 2.78. The topological polar surface area (TPSA) is 59.4 Å². The van der Waals surface area contributed by atoms with E-state index in [1.165, 1.54) is 6.42 Å². The van der Waals surface area contributed by atoms with Crippen molar-refractivity contribution in [3.63, 3.8) is 0 Å². The third-order valence-electron chi connectivity index (χ3n) is 6.36. The van der Waals surface area contributed by atoms with Crippen LogP contribution in [0.15, 0.2) is 60.7 Å². The number of carboxylic acids is 1. The molecule has 1 aromatic heterocycles. The third-order valence-corrected chi connectivity index (χ3v) is 6.36. The second-order valence-electron chi connectivity index (χ2n) is 8.15. The maximum Gasteiger partial charge on any atom is 0.314 e. The molecule has 1 saturated carbocycles. The van der Waals surface area contributed by atoms with Crippen LogP contribution in [0.5, 0.6) is 5.75 Å². The highest BCUT2D eigenvalue weighted by Crippen LogP contribution is 2.41. The standard InChI is InChI=1S/C25H27NO3/c1-25(24(27)28,19-8-3-2-4-9-19)20-12-15-22(16-13-20)29-17-21-14-11-18-7-5-6-10-23(18)26-21/h5-7,10-16,19H,2-4,8-9,17H2,1H3,(H,27,28). The fourth-order valence-corrected chi connectivity index (χ4v) is 4.46. The minimum atomic E-state index is -0.848. The highest BCUT2D eigenvalue weighted by Gasteiger charge is 2.43. The van der Waals surface area contributed by atoms with E-state index < -0.39 is 11.4 Å². The zero-order valence-electron chi connectivity index (χ0n) is 16.8. The van der Waals surface area contributed by atoms with E-state index in [9.17, 15) is 9.90 Å². The number of nitrogens with zero attached hydrogens (tertiary/aromatic N) is 1. The molecule has 1 fully saturated rings. The highest BCUT2D eigenvalue weighted by molar-refractivity contribution is 5.81. The number of hydrogen-bond acceptors (Lipinski definition) is 3. The second kappa shape index (κ2) is 8.24. The van der Waals surface area contributed by atoms with E-state index in [1.54, 1.807) is 0 Å². The summed E-state index contributed by atoms with van der Waals surface area (Å²) in [6.45, 7) is 2.25. The summed E-state index contributed by atoms with van der Waals surface area (Å²) < 4.78 is 5.90. The maximum atomic E-state index is 12.2. The van der Waals surface area contributed by atoms with Gasteiger partial charge in [0.15, 0.2) is 0 Å². The van der Waals surface area contributed by atoms with Crippen LogP contribution in [-0.2, 0) is 16.8 Å². The molecule has 29 heavy (non-hydrogen) atoms. The molecule has 0 spiro atoms. The zero-order valence-corrected chi connectivity index (χ0v) is 16.8. The van der Waals surface area contributed by atoms with E-state index in [0.29, 0.717) is 6.61 Å². The Kier molecular flexibility index (Phi) is 5.52. The minimum absolute atomic E-state index is 0.183. The van der Waals surface area contributed by atoms with Crippen LogP contribution in [0.4, 0.5) is 0 Å². The summed E-state index contributed by atoms with van der Waals surface area (Å²) in [5.74, 6) is 0.167. The van der Waals surface area contributed by atoms with Gasteiger partial charge in [0.25, 0.3) is 0 Å². The predicted molar refractivity (Wildman–Crippen MR) is 114 cm³/mol. The van der Waals surface area contributed by atoms with Crippen LogP contribution >= 0.6 is 0 Å². The maximum absolute atomic E-state index is 12.2. The first-order valence-corrected chi connectivity index (χ1v) is 10.4. The van der Waals surface area contributed by atoms with Gasteiger partial charge in [-0.1, -0.05) is 55.7 Å². The Labute approximate surface area is 171 Å². The van der Waals surface area contributed by atoms with E-state index in [4.69, 9.17) is 4.74 Å². The van der Waals surface area contributed by atoms with Gasteiger partial charge in [-0.3, -0.25) is 4.79 Å². The molecule has 4 rings (SSSR count). The Hall–Kier alpha value is -2.88. The fourth-order valence-electron chi connectivity index (χ4n) is 4.46. The van der Waals surface area contributed by atoms with Gasteiger partial charge in [0.2, 0.25) is 0 Å². The number of aromatic nitrogens is 1. The normalized spacial score (nSPS) is 17.0. The molecule has 0 radical (unpaired) electrons. The number of fused-ring (bicyclic) bond motifs is 1. The number of hydrogen-bond donors (Lipinski definition) is 1. The van der Waals surface area contributed by atoms with Crippen molar-refractivity contribution in [1.82, 2.24) is 4.98 Å². The van der Waals surface area contributed by atoms with Gasteiger partial charge in [-0.15, -0.1) is 0 Å². The molecule has 2 aromatic carbocycles. The Morgan fingerprint density at radius 3 is 2.48 bits per heavy atom. The second-order valence-corrected chi connectivity index (χ2v) is 8.15. The SMILES string of the molecule is CC(C(=O)O)(c1ccc(OCc2ccc3ccccc3n2)cc1)C1CCCCC1. The molecule has 3 aromatic rings. The first kappa shape index (κ1) is 19.4. The van der Waals surface area contributed by atoms with E-state index >= 15 is 0 Å². The minimum Gasteiger partial charge on any atom is -0.487 e. The Balaban J connectivity index is 1.48. The fraction of sp³-hybridized carbons (Fsp3) is 0.360. The number of benzene rings is 2. The van der Waals surface area contributed by atoms with Gasteiger partial charge in [0.05, 0.1) is 16.6 Å². The summed E-state index contributed by atoms with van der Waals surface area (Å²) in [7, 11) is 0. The van der Waals surface area contributed by atoms with E-state index in [-0.39, 0.29) is 5.92 Å². The molecule has 0 aliphatic heterocycles. The van der Waals surface area contributed by atoms with Gasteiger partial charge in [-0.2, -0.15) is 0 Å². The molecule has 4 nitrogen and oxygen atoms in total. The van der Waals surface area contributed by atoms with Gasteiger partial charge in [-0.05, 0) is 55.5 Å². The van der Waals surface area contributed by atoms with Crippen LogP contribution in [0.3, 0.4) is 0 Å². The number of carboxylic acid groups (broad SMARTS) is 1. The zero-order chi connectivity index (χ0) is 20.3. The lowest BCUT2D eigenvalue weighted by Crippen LogP contribution is -2.41. The molecule has 1 aliphatic carbocycles. The summed E-state index contributed by atoms with van der Waals surface area (Å²) in [6, 6.07) is 19.6. The smallest absolute Gasteiger partial charge is 0.314 e. The van der Waals surface area contributed by atoms with Crippen molar-refractivity contribution in [3.8, 4) is 5.75 Å². The van der Waals surface area contributed by atoms with Gasteiger partial charge in [0.1, 0.15) is 12.4 Å². The molecule has 1 aliphatic rings. The molecule has 0 saturated heterocycles. The van der Waals surface area contributed by atoms with Crippen LogP contribution in [0, 0.1) is 5.92 Å². The van der Waals surface area contributed by atoms with Crippen LogP contribution in [0.2, 0.25) is 0 Å². The Bertz CT molecular complexity index is 992. The predicted octanol–water partition coefficient (Wildman–Crippen LogP) is 5.74. The number of ether oxygens (including phenoxy) is 1. The summed E-state index contributed by atoms with van der Waals surface area (Å²) in [5.41, 5.74) is 1.82. The molecular weight excluding hydrogens is 362 g/mol. The molecule has 0 bridgehead atoms. The van der Waals surface area contributed by atoms with Gasteiger partial charge >= 0.3 is 5.97 Å². The van der Waals surface area contributed by atoms with Crippen molar-refractivity contribution >= 4 is 16.9 Å². The average molecular weight is 389 g/mol. The number of para-hydroxylation sites is 1. The highest BCUT2D eigenvalue weighted by atomic mass is 16.5. The molecule has 1 unspecified atom stereocenters. The van der Waals surface area contributed by atoms with Crippen LogP contribution in [-0.4, -0.2) is 16.1 Å². The van der Waals surface area contributed by atoms with Crippen molar-refractivity contribution < 1.29 is 14.6 Å². The van der Waals surface area contributed by atoms with Crippen molar-refractivity contribution in [1.29, 1.82) is 0 Å². The summed E-state index contributed by atoms with van der Waals surface area (Å²) in [5, 5.41) is 11.1. The molecule has 0 amide bonds. The number of carbonyl (C=O) groups is 1. The molecular formula is C25H27NO3. The molecule has 1 atom stereocenters. The Morgan fingerprint density at radius 1 is 1.03 bits per heavy atom. The van der Waals surface area contributed by atoms with Crippen molar-refractivity contribution in [2.45, 2.75) is 51.0 Å². The van der Waals surface area contributed by atoms with Gasteiger partial charge < -0.3 is 9.84 Å². The third kappa shape index (κ3) is 3.98. The lowest BCUT2D eigenvalue weighted by Gasteiger charge is -2.37. The summed E-state index contributed by atoms with van der Waals surface area (Å²) in [6.07, 6.45) is 5.41. The first-order chi connectivity index (χ1) is 14.1. The molecule has 4 heteroatoms. The molecule has 1 heterocycles. The Morgan fingerprint density at radius 2 is 1.76 bits per heavy atom. The van der Waals surface area contributed by atoms with Crippen LogP contribution in [0.25, 0.3) is 10.9 Å². The number of rotatable bonds is 6. The largest absolute Gasteiger partial charge is 0.487 e. The summed E-state index contributed by atoms with van der Waals surface area (Å²) >= 11 is 0. The van der Waals surface area contributed by atoms with Crippen molar-refractivity contribution in [2.75, 3.05) is 0 Å². The number of pyridine rings is 1. The summed E-state index contributed by atoms with van der Waals surface area (Å²) in [4.78, 5) is 16.8. The van der Waals surface area contributed by atoms with Crippen molar-refractivity contribution in [2.24, 2.45) is 5.92 Å². The van der Waals surface area contributed by atoms with E-state index in [2.05, 4.69) is 4.98 Å². The quantitative estimate of drug-likeness (QED) is 0.584. The first-order valence-electron chi connectivity index (χ1n) is 10.4.